The molecule has 5 nitrogen and oxygen atoms in total. The Morgan fingerprint density at radius 3 is 3.10 bits per heavy atom. The zero-order valence-corrected chi connectivity index (χ0v) is 4.90. The summed E-state index contributed by atoms with van der Waals surface area (Å²) in [7, 11) is 0. The van der Waals surface area contributed by atoms with Gasteiger partial charge in [0.15, 0.2) is 0 Å². The highest BCUT2D eigenvalue weighted by Crippen LogP contribution is 1.91. The van der Waals surface area contributed by atoms with E-state index >= 15 is 0 Å². The number of aromatic amines is 1. The first kappa shape index (κ1) is 6.47. The topological polar surface area (TPSA) is 72.1 Å². The van der Waals surface area contributed by atoms with Crippen LogP contribution in [0.2, 0.25) is 0 Å². The molecule has 0 fully saturated rings. The molecule has 1 aromatic heterocycles. The average molecular weight is 140 g/mol. The van der Waals surface area contributed by atoms with E-state index in [1.54, 1.807) is 0 Å². The number of rotatable bonds is 2. The molecule has 0 aliphatic heterocycles. The summed E-state index contributed by atoms with van der Waals surface area (Å²) in [6.07, 6.45) is 2.59. The van der Waals surface area contributed by atoms with Gasteiger partial charge in [-0.05, 0) is 0 Å². The fourth-order valence-electron chi connectivity index (χ4n) is 0.475. The zero-order chi connectivity index (χ0) is 7.40. The number of hydrogen-bond acceptors (Lipinski definition) is 4. The second-order valence-corrected chi connectivity index (χ2v) is 1.47. The van der Waals surface area contributed by atoms with Crippen molar-refractivity contribution in [3.63, 3.8) is 0 Å². The Bertz CT molecular complexity index is 229. The van der Waals surface area contributed by atoms with Crippen LogP contribution >= 0.6 is 0 Å². The summed E-state index contributed by atoms with van der Waals surface area (Å²) in [4.78, 5) is 26.2. The predicted octanol–water partition coefficient (Wildman–Crippen LogP) is -0.277. The van der Waals surface area contributed by atoms with Crippen LogP contribution in [0.15, 0.2) is 12.5 Å². The summed E-state index contributed by atoms with van der Waals surface area (Å²) in [5.74, 6) is -0.729. The molecule has 1 rings (SSSR count). The maximum atomic E-state index is 10.6. The number of nitrogens with zero attached hydrogens (tertiary/aromatic N) is 1. The molecule has 5 heteroatoms. The first-order chi connectivity index (χ1) is 4.84. The number of nitrogens with one attached hydrogen (secondary N) is 1. The van der Waals surface area contributed by atoms with Gasteiger partial charge in [0.2, 0.25) is 0 Å². The molecule has 0 atom stereocenters. The molecule has 0 unspecified atom stereocenters. The number of carbonyl (C=O) groups excluding carboxylic acids is 2. The molecular weight excluding hydrogens is 136 g/mol. The van der Waals surface area contributed by atoms with Crippen LogP contribution in [0, 0.1) is 0 Å². The fraction of sp³-hybridized carbons (Fsp3) is 0. The van der Waals surface area contributed by atoms with E-state index in [-0.39, 0.29) is 12.2 Å². The van der Waals surface area contributed by atoms with Crippen LogP contribution in [0.4, 0.5) is 0 Å². The average Bonchev–Trinajstić information content (AvgIpc) is 2.38. The first-order valence-electron chi connectivity index (χ1n) is 2.47. The monoisotopic (exact) mass is 140 g/mol. The van der Waals surface area contributed by atoms with Crippen LogP contribution in [-0.2, 0) is 9.53 Å². The lowest BCUT2D eigenvalue weighted by atomic mass is 10.5. The van der Waals surface area contributed by atoms with Crippen LogP contribution in [-0.4, -0.2) is 22.4 Å². The van der Waals surface area contributed by atoms with E-state index in [0.29, 0.717) is 0 Å². The number of esters is 1. The molecule has 0 aliphatic carbocycles. The zero-order valence-electron chi connectivity index (χ0n) is 4.90. The summed E-state index contributed by atoms with van der Waals surface area (Å²) in [6.45, 7) is 0.0726. The maximum absolute atomic E-state index is 10.6. The number of carbonyl (C=O) groups is 2. The smallest absolute Gasteiger partial charge is 0.363 e. The molecule has 0 aromatic carbocycles. The van der Waals surface area contributed by atoms with Crippen molar-refractivity contribution in [3.05, 3.63) is 18.2 Å². The molecule has 0 saturated carbocycles. The molecular formula is C5H4N2O3. The fourth-order valence-corrected chi connectivity index (χ4v) is 0.475. The van der Waals surface area contributed by atoms with Crippen LogP contribution in [0.1, 0.15) is 10.5 Å². The van der Waals surface area contributed by atoms with Gasteiger partial charge in [0.05, 0.1) is 12.5 Å². The molecule has 0 radical (unpaired) electrons. The van der Waals surface area contributed by atoms with Gasteiger partial charge >= 0.3 is 12.4 Å². The van der Waals surface area contributed by atoms with Gasteiger partial charge in [-0.1, -0.05) is 0 Å². The number of imidazole rings is 1. The van der Waals surface area contributed by atoms with Gasteiger partial charge in [-0.25, -0.2) is 9.78 Å². The molecule has 0 saturated heterocycles. The second kappa shape index (κ2) is 2.77. The second-order valence-electron chi connectivity index (χ2n) is 1.47. The van der Waals surface area contributed by atoms with Gasteiger partial charge < -0.3 is 9.72 Å². The maximum Gasteiger partial charge on any atom is 0.363 e. The Balaban J connectivity index is 2.68. The van der Waals surface area contributed by atoms with Gasteiger partial charge in [0.25, 0.3) is 0 Å². The van der Waals surface area contributed by atoms with Crippen molar-refractivity contribution in [2.45, 2.75) is 0 Å². The van der Waals surface area contributed by atoms with Crippen molar-refractivity contribution in [2.24, 2.45) is 0 Å². The Hall–Kier alpha value is -1.65. The predicted molar refractivity (Wildman–Crippen MR) is 30.1 cm³/mol. The van der Waals surface area contributed by atoms with E-state index in [1.807, 2.05) is 0 Å². The molecule has 10 heavy (non-hydrogen) atoms. The standard InChI is InChI=1S/C5H4N2O3/c8-3-10-5(9)4-1-6-2-7-4/h1-3H,(H,6,7). The lowest BCUT2D eigenvalue weighted by Gasteiger charge is -1.88. The number of ether oxygens (including phenoxy) is 1. The lowest BCUT2D eigenvalue weighted by Crippen LogP contribution is -2.02. The molecule has 1 aromatic rings. The third kappa shape index (κ3) is 1.19. The SMILES string of the molecule is O=COC(=O)c1cnc[nH]1. The van der Waals surface area contributed by atoms with E-state index in [1.165, 1.54) is 12.5 Å². The molecule has 0 amide bonds. The molecule has 1 N–H and O–H groups in total. The van der Waals surface area contributed by atoms with Crippen molar-refractivity contribution in [3.8, 4) is 0 Å². The van der Waals surface area contributed by atoms with Crippen molar-refractivity contribution in [1.29, 1.82) is 0 Å². The number of hydrogen-bond donors (Lipinski definition) is 1. The number of H-pyrrole nitrogens is 1. The molecule has 0 bridgehead atoms. The van der Waals surface area contributed by atoms with E-state index in [2.05, 4.69) is 14.7 Å². The van der Waals surface area contributed by atoms with Gasteiger partial charge in [-0.15, -0.1) is 0 Å². The largest absolute Gasteiger partial charge is 0.391 e. The number of aromatic nitrogens is 2. The minimum atomic E-state index is -0.729. The first-order valence-corrected chi connectivity index (χ1v) is 2.47. The van der Waals surface area contributed by atoms with Crippen LogP contribution in [0.25, 0.3) is 0 Å². The van der Waals surface area contributed by atoms with Crippen molar-refractivity contribution in [1.82, 2.24) is 9.97 Å². The highest BCUT2D eigenvalue weighted by Gasteiger charge is 2.05. The summed E-state index contributed by atoms with van der Waals surface area (Å²) in [6, 6.07) is 0. The van der Waals surface area contributed by atoms with E-state index in [0.717, 1.165) is 0 Å². The van der Waals surface area contributed by atoms with Gasteiger partial charge in [0.1, 0.15) is 5.69 Å². The van der Waals surface area contributed by atoms with E-state index in [9.17, 15) is 9.59 Å². The normalized spacial score (nSPS) is 8.80. The quantitative estimate of drug-likeness (QED) is 0.348. The third-order valence-corrected chi connectivity index (χ3v) is 0.873. The molecule has 0 spiro atoms. The molecule has 52 valence electrons. The highest BCUT2D eigenvalue weighted by atomic mass is 16.6. The van der Waals surface area contributed by atoms with Crippen molar-refractivity contribution >= 4 is 12.4 Å². The van der Waals surface area contributed by atoms with Crippen molar-refractivity contribution in [2.75, 3.05) is 0 Å². The van der Waals surface area contributed by atoms with Crippen molar-refractivity contribution < 1.29 is 14.3 Å². The third-order valence-electron chi connectivity index (χ3n) is 0.873. The Kier molecular flexibility index (Phi) is 1.79. The Morgan fingerprint density at radius 2 is 2.60 bits per heavy atom. The minimum Gasteiger partial charge on any atom is -0.391 e. The van der Waals surface area contributed by atoms with Crippen LogP contribution < -0.4 is 0 Å². The van der Waals surface area contributed by atoms with Crippen LogP contribution in [0.3, 0.4) is 0 Å². The van der Waals surface area contributed by atoms with Gasteiger partial charge in [-0.2, -0.15) is 0 Å². The molecule has 0 aliphatic rings. The summed E-state index contributed by atoms with van der Waals surface area (Å²) < 4.78 is 4.00. The van der Waals surface area contributed by atoms with Gasteiger partial charge in [0, 0.05) is 0 Å². The van der Waals surface area contributed by atoms with E-state index in [4.69, 9.17) is 0 Å². The Morgan fingerprint density at radius 1 is 1.80 bits per heavy atom. The lowest BCUT2D eigenvalue weighted by molar-refractivity contribution is -0.123. The summed E-state index contributed by atoms with van der Waals surface area (Å²) >= 11 is 0. The molecule has 1 heterocycles. The van der Waals surface area contributed by atoms with E-state index < -0.39 is 5.97 Å². The highest BCUT2D eigenvalue weighted by molar-refractivity contribution is 5.90. The van der Waals surface area contributed by atoms with Gasteiger partial charge in [-0.3, -0.25) is 4.79 Å². The summed E-state index contributed by atoms with van der Waals surface area (Å²) in [5, 5.41) is 0. The summed E-state index contributed by atoms with van der Waals surface area (Å²) in [5.41, 5.74) is 0.159. The minimum absolute atomic E-state index is 0.0726. The Labute approximate surface area is 56.0 Å². The van der Waals surface area contributed by atoms with Crippen LogP contribution in [0.5, 0.6) is 0 Å².